The van der Waals surface area contributed by atoms with Crippen molar-refractivity contribution in [3.8, 4) is 31.3 Å². The molecule has 40 heavy (non-hydrogen) atoms. The summed E-state index contributed by atoms with van der Waals surface area (Å²) >= 11 is 8.79. The highest BCUT2D eigenvalue weighted by atomic mass is 32.1. The molecule has 0 unspecified atom stereocenters. The van der Waals surface area contributed by atoms with Crippen LogP contribution in [0, 0.1) is 5.92 Å². The van der Waals surface area contributed by atoms with Crippen molar-refractivity contribution in [1.29, 1.82) is 0 Å². The average molecular weight is 617 g/mol. The minimum absolute atomic E-state index is 0.678. The largest absolute Gasteiger partial charge is 0.386 e. The van der Waals surface area contributed by atoms with Crippen molar-refractivity contribution in [3.63, 3.8) is 0 Å². The number of nitrogens with one attached hydrogen (secondary N) is 1. The zero-order valence-electron chi connectivity index (χ0n) is 22.9. The minimum atomic E-state index is 0.678. The highest BCUT2D eigenvalue weighted by molar-refractivity contribution is 7.32. The van der Waals surface area contributed by atoms with Crippen LogP contribution in [-0.2, 0) is 6.42 Å². The first-order valence-electron chi connectivity index (χ1n) is 13.2. The van der Waals surface area contributed by atoms with E-state index in [0.717, 1.165) is 23.0 Å². The maximum absolute atomic E-state index is 4.80. The van der Waals surface area contributed by atoms with Crippen LogP contribution in [0.15, 0.2) is 54.6 Å². The number of thiophene rings is 4. The molecular formula is C31H28N4S5. The van der Waals surface area contributed by atoms with Gasteiger partial charge in [-0.2, -0.15) is 8.75 Å². The van der Waals surface area contributed by atoms with Crippen LogP contribution in [0.4, 0.5) is 11.4 Å². The van der Waals surface area contributed by atoms with Gasteiger partial charge in [-0.25, -0.2) is 0 Å². The summed E-state index contributed by atoms with van der Waals surface area (Å²) in [5.74, 6) is 0.678. The van der Waals surface area contributed by atoms with E-state index in [0.29, 0.717) is 5.92 Å². The maximum Gasteiger partial charge on any atom is 0.114 e. The second-order valence-electron chi connectivity index (χ2n) is 10.6. The first-order chi connectivity index (χ1) is 19.4. The zero-order valence-corrected chi connectivity index (χ0v) is 26.9. The molecule has 7 rings (SSSR count). The Morgan fingerprint density at radius 1 is 0.775 bits per heavy atom. The Labute approximate surface area is 253 Å². The Balaban J connectivity index is 1.27. The van der Waals surface area contributed by atoms with Crippen LogP contribution >= 0.6 is 57.1 Å². The normalized spacial score (nSPS) is 11.9. The highest BCUT2D eigenvalue weighted by Crippen LogP contribution is 2.50. The van der Waals surface area contributed by atoms with Crippen LogP contribution in [-0.4, -0.2) is 29.9 Å². The van der Waals surface area contributed by atoms with E-state index in [1.165, 1.54) is 72.5 Å². The van der Waals surface area contributed by atoms with Gasteiger partial charge in [0, 0.05) is 66.7 Å². The van der Waals surface area contributed by atoms with Gasteiger partial charge in [0.05, 0.1) is 27.0 Å². The number of benzene rings is 2. The topological polar surface area (TPSA) is 41.1 Å². The Bertz CT molecular complexity index is 1950. The molecule has 202 valence electrons. The second kappa shape index (κ2) is 10.2. The molecule has 0 radical (unpaired) electrons. The van der Waals surface area contributed by atoms with E-state index >= 15 is 0 Å². The van der Waals surface area contributed by atoms with Gasteiger partial charge < -0.3 is 10.2 Å². The fourth-order valence-corrected chi connectivity index (χ4v) is 11.1. The van der Waals surface area contributed by atoms with Crippen LogP contribution in [0.2, 0.25) is 0 Å². The van der Waals surface area contributed by atoms with E-state index in [9.17, 15) is 0 Å². The molecule has 0 bridgehead atoms. The molecular weight excluding hydrogens is 589 g/mol. The van der Waals surface area contributed by atoms with Gasteiger partial charge in [0.1, 0.15) is 11.0 Å². The molecule has 0 aliphatic carbocycles. The van der Waals surface area contributed by atoms with E-state index < -0.39 is 0 Å². The van der Waals surface area contributed by atoms with Gasteiger partial charge in [-0.15, -0.1) is 45.3 Å². The molecule has 9 heteroatoms. The fourth-order valence-electron chi connectivity index (χ4n) is 5.14. The number of anilines is 2. The summed E-state index contributed by atoms with van der Waals surface area (Å²) in [6, 6.07) is 20.3. The third kappa shape index (κ3) is 4.44. The fraction of sp³-hybridized carbons (Fsp3) is 0.226. The lowest BCUT2D eigenvalue weighted by atomic mass is 10.1. The van der Waals surface area contributed by atoms with E-state index in [4.69, 9.17) is 8.75 Å². The van der Waals surface area contributed by atoms with Gasteiger partial charge in [-0.3, -0.25) is 0 Å². The highest BCUT2D eigenvalue weighted by Gasteiger charge is 2.22. The van der Waals surface area contributed by atoms with Gasteiger partial charge in [0.25, 0.3) is 0 Å². The van der Waals surface area contributed by atoms with Gasteiger partial charge in [-0.05, 0) is 48.2 Å². The molecule has 0 atom stereocenters. The number of aromatic nitrogens is 2. The number of rotatable bonds is 7. The van der Waals surface area contributed by atoms with E-state index in [1.807, 2.05) is 52.4 Å². The molecule has 0 spiro atoms. The lowest BCUT2D eigenvalue weighted by molar-refractivity contribution is 0.654. The Morgan fingerprint density at radius 2 is 1.48 bits per heavy atom. The first-order valence-corrected chi connectivity index (χ1v) is 17.2. The maximum atomic E-state index is 4.80. The van der Waals surface area contributed by atoms with Crippen LogP contribution in [0.5, 0.6) is 0 Å². The molecule has 1 N–H and O–H groups in total. The lowest BCUT2D eigenvalue weighted by Gasteiger charge is -2.12. The summed E-state index contributed by atoms with van der Waals surface area (Å²) in [5.41, 5.74) is 7.97. The molecule has 0 aliphatic heterocycles. The molecule has 5 heterocycles. The van der Waals surface area contributed by atoms with Gasteiger partial charge in [0.15, 0.2) is 0 Å². The molecule has 0 fully saturated rings. The summed E-state index contributed by atoms with van der Waals surface area (Å²) in [5, 5.41) is 3.51. The van der Waals surface area contributed by atoms with Crippen LogP contribution in [0.3, 0.4) is 0 Å². The van der Waals surface area contributed by atoms with Crippen molar-refractivity contribution in [2.75, 3.05) is 31.4 Å². The summed E-state index contributed by atoms with van der Waals surface area (Å²) in [6.45, 7) is 4.57. The SMILES string of the molecule is CNc1c(-c2ccc(-c3cc4sc(CC(C)C)cc4s3)c3nsnc23)sc2cc(-c3ccc(N(C)C)cc3)sc12. The molecule has 0 saturated carbocycles. The summed E-state index contributed by atoms with van der Waals surface area (Å²) < 4.78 is 14.9. The predicted octanol–water partition coefficient (Wildman–Crippen LogP) is 10.6. The summed E-state index contributed by atoms with van der Waals surface area (Å²) in [7, 11) is 6.17. The Kier molecular flexibility index (Phi) is 6.67. The van der Waals surface area contributed by atoms with Crippen molar-refractivity contribution >= 4 is 98.3 Å². The number of hydrogen-bond donors (Lipinski definition) is 1. The Morgan fingerprint density at radius 3 is 2.17 bits per heavy atom. The quantitative estimate of drug-likeness (QED) is 0.193. The first kappa shape index (κ1) is 26.1. The van der Waals surface area contributed by atoms with E-state index in [1.54, 1.807) is 0 Å². The monoisotopic (exact) mass is 616 g/mol. The van der Waals surface area contributed by atoms with Crippen LogP contribution in [0.25, 0.3) is 61.2 Å². The molecule has 2 aromatic carbocycles. The molecule has 0 aliphatic rings. The molecule has 4 nitrogen and oxygen atoms in total. The number of fused-ring (bicyclic) bond motifs is 3. The second-order valence-corrected chi connectivity index (χ2v) is 15.5. The number of nitrogens with zero attached hydrogens (tertiary/aromatic N) is 3. The van der Waals surface area contributed by atoms with Crippen molar-refractivity contribution in [3.05, 3.63) is 59.5 Å². The molecule has 5 aromatic heterocycles. The van der Waals surface area contributed by atoms with Crippen molar-refractivity contribution in [2.24, 2.45) is 5.92 Å². The minimum Gasteiger partial charge on any atom is -0.386 e. The van der Waals surface area contributed by atoms with E-state index in [2.05, 4.69) is 92.8 Å². The lowest BCUT2D eigenvalue weighted by Crippen LogP contribution is -2.07. The number of hydrogen-bond acceptors (Lipinski definition) is 9. The van der Waals surface area contributed by atoms with Crippen molar-refractivity contribution < 1.29 is 0 Å². The third-order valence-electron chi connectivity index (χ3n) is 7.08. The molecule has 0 saturated heterocycles. The zero-order chi connectivity index (χ0) is 27.5. The Hall–Kier alpha value is -2.82. The average Bonchev–Trinajstić information content (AvgIpc) is 3.73. The van der Waals surface area contributed by atoms with Crippen molar-refractivity contribution in [1.82, 2.24) is 8.75 Å². The van der Waals surface area contributed by atoms with Crippen LogP contribution < -0.4 is 10.2 Å². The van der Waals surface area contributed by atoms with E-state index in [-0.39, 0.29) is 0 Å². The molecule has 7 aromatic rings. The third-order valence-corrected chi connectivity index (χ3v) is 12.5. The molecule has 0 amide bonds. The smallest absolute Gasteiger partial charge is 0.114 e. The predicted molar refractivity (Wildman–Crippen MR) is 183 cm³/mol. The summed E-state index contributed by atoms with van der Waals surface area (Å²) in [4.78, 5) is 7.40. The summed E-state index contributed by atoms with van der Waals surface area (Å²) in [6.07, 6.45) is 1.15. The van der Waals surface area contributed by atoms with Gasteiger partial charge in [-0.1, -0.05) is 38.1 Å². The van der Waals surface area contributed by atoms with Crippen molar-refractivity contribution in [2.45, 2.75) is 20.3 Å². The van der Waals surface area contributed by atoms with Gasteiger partial charge in [0.2, 0.25) is 0 Å². The standard InChI is InChI=1S/C31H28N4S5/c1-16(2)12-19-13-24-25(36-19)15-23(37-24)20-10-11-21(28-27(20)33-40-34-28)30-29(32-3)31-26(39-30)14-22(38-31)17-6-8-18(9-7-17)35(4)5/h6-11,13-16,32H,12H2,1-5H3. The van der Waals surface area contributed by atoms with Gasteiger partial charge >= 0.3 is 0 Å². The van der Waals surface area contributed by atoms with Crippen LogP contribution in [0.1, 0.15) is 18.7 Å².